The second-order valence-electron chi connectivity index (χ2n) is 3.49. The summed E-state index contributed by atoms with van der Waals surface area (Å²) in [6, 6.07) is 7.20. The van der Waals surface area contributed by atoms with E-state index in [1.165, 1.54) is 0 Å². The maximum atomic E-state index is 11.4. The lowest BCUT2D eigenvalue weighted by Gasteiger charge is -2.19. The molecule has 0 unspecified atom stereocenters. The van der Waals surface area contributed by atoms with Crippen molar-refractivity contribution in [2.75, 3.05) is 25.0 Å². The lowest BCUT2D eigenvalue weighted by Crippen LogP contribution is -2.35. The van der Waals surface area contributed by atoms with Gasteiger partial charge in [0.1, 0.15) is 0 Å². The third kappa shape index (κ3) is 3.08. The number of hydrogen-bond donors (Lipinski definition) is 1. The minimum atomic E-state index is -0.0503. The summed E-state index contributed by atoms with van der Waals surface area (Å²) in [5.41, 5.74) is 1.36. The van der Waals surface area contributed by atoms with Crippen molar-refractivity contribution in [3.05, 3.63) is 29.8 Å². The second-order valence-corrected chi connectivity index (χ2v) is 3.49. The molecular weight excluding hydrogens is 204 g/mol. The smallest absolute Gasteiger partial charge is 0.239 e. The Morgan fingerprint density at radius 1 is 1.44 bits per heavy atom. The largest absolute Gasteiger partial charge is 0.365 e. The Morgan fingerprint density at radius 3 is 2.75 bits per heavy atom. The van der Waals surface area contributed by atoms with Crippen LogP contribution in [0.25, 0.3) is 0 Å². The van der Waals surface area contributed by atoms with Gasteiger partial charge in [0.25, 0.3) is 0 Å². The Morgan fingerprint density at radius 2 is 2.12 bits per heavy atom. The number of nitrogens with zero attached hydrogens (tertiary/aromatic N) is 1. The molecule has 1 amide bonds. The highest BCUT2D eigenvalue weighted by molar-refractivity contribution is 5.87. The van der Waals surface area contributed by atoms with Crippen molar-refractivity contribution in [2.24, 2.45) is 0 Å². The molecule has 16 heavy (non-hydrogen) atoms. The van der Waals surface area contributed by atoms with E-state index >= 15 is 0 Å². The first-order valence-corrected chi connectivity index (χ1v) is 5.21. The Bertz CT molecular complexity index is 377. The van der Waals surface area contributed by atoms with Crippen LogP contribution in [0, 0.1) is 0 Å². The predicted octanol–water partition coefficient (Wildman–Crippen LogP) is 1.07. The highest BCUT2D eigenvalue weighted by atomic mass is 16.2. The molecule has 1 aromatic carbocycles. The third-order valence-corrected chi connectivity index (χ3v) is 2.23. The molecule has 86 valence electrons. The normalized spacial score (nSPS) is 9.62. The molecule has 1 N–H and O–H groups in total. The monoisotopic (exact) mass is 220 g/mol. The fraction of sp³-hybridized carbons (Fsp3) is 0.333. The van der Waals surface area contributed by atoms with Gasteiger partial charge in [-0.15, -0.1) is 0 Å². The SMILES string of the molecule is CCNC(=O)CN(C)c1ccccc1C=O. The molecule has 0 radical (unpaired) electrons. The summed E-state index contributed by atoms with van der Waals surface area (Å²) in [5, 5.41) is 2.71. The molecule has 0 bridgehead atoms. The van der Waals surface area contributed by atoms with E-state index in [0.29, 0.717) is 12.1 Å². The van der Waals surface area contributed by atoms with Gasteiger partial charge in [0.15, 0.2) is 6.29 Å². The third-order valence-electron chi connectivity index (χ3n) is 2.23. The van der Waals surface area contributed by atoms with E-state index in [9.17, 15) is 9.59 Å². The average molecular weight is 220 g/mol. The number of benzene rings is 1. The van der Waals surface area contributed by atoms with E-state index in [1.807, 2.05) is 19.1 Å². The number of nitrogens with one attached hydrogen (secondary N) is 1. The Hall–Kier alpha value is -1.84. The maximum absolute atomic E-state index is 11.4. The molecule has 1 rings (SSSR count). The number of rotatable bonds is 5. The quantitative estimate of drug-likeness (QED) is 0.755. The molecule has 0 aliphatic rings. The summed E-state index contributed by atoms with van der Waals surface area (Å²) in [6.07, 6.45) is 0.795. The molecule has 0 heterocycles. The van der Waals surface area contributed by atoms with Crippen LogP contribution in [0.4, 0.5) is 5.69 Å². The number of aldehydes is 1. The first-order valence-electron chi connectivity index (χ1n) is 5.21. The van der Waals surface area contributed by atoms with Crippen LogP contribution in [-0.4, -0.2) is 32.3 Å². The van der Waals surface area contributed by atoms with Gasteiger partial charge < -0.3 is 10.2 Å². The zero-order chi connectivity index (χ0) is 12.0. The van der Waals surface area contributed by atoms with Crippen LogP contribution in [0.15, 0.2) is 24.3 Å². The van der Waals surface area contributed by atoms with E-state index in [4.69, 9.17) is 0 Å². The van der Waals surface area contributed by atoms with Crippen molar-refractivity contribution in [3.8, 4) is 0 Å². The standard InChI is InChI=1S/C12H16N2O2/c1-3-13-12(16)8-14(2)11-7-5-4-6-10(11)9-15/h4-7,9H,3,8H2,1-2H3,(H,13,16). The second kappa shape index (κ2) is 5.90. The minimum absolute atomic E-state index is 0.0503. The van der Waals surface area contributed by atoms with Crippen molar-refractivity contribution >= 4 is 17.9 Å². The summed E-state index contributed by atoms with van der Waals surface area (Å²) in [7, 11) is 1.79. The number of carbonyl (C=O) groups is 2. The Labute approximate surface area is 95.3 Å². The predicted molar refractivity (Wildman–Crippen MR) is 63.8 cm³/mol. The summed E-state index contributed by atoms with van der Waals surface area (Å²) in [6.45, 7) is 2.73. The van der Waals surface area contributed by atoms with Crippen molar-refractivity contribution in [1.82, 2.24) is 5.32 Å². The number of anilines is 1. The summed E-state index contributed by atoms with van der Waals surface area (Å²) in [5.74, 6) is -0.0503. The van der Waals surface area contributed by atoms with Crippen LogP contribution in [0.1, 0.15) is 17.3 Å². The first kappa shape index (κ1) is 12.2. The zero-order valence-corrected chi connectivity index (χ0v) is 9.56. The average Bonchev–Trinajstić information content (AvgIpc) is 2.29. The van der Waals surface area contributed by atoms with E-state index in [1.54, 1.807) is 24.1 Å². The van der Waals surface area contributed by atoms with Gasteiger partial charge in [0.05, 0.1) is 6.54 Å². The molecule has 0 fully saturated rings. The Kier molecular flexibility index (Phi) is 4.51. The summed E-state index contributed by atoms with van der Waals surface area (Å²) in [4.78, 5) is 24.0. The molecule has 0 saturated carbocycles. The van der Waals surface area contributed by atoms with Crippen LogP contribution >= 0.6 is 0 Å². The molecule has 0 spiro atoms. The zero-order valence-electron chi connectivity index (χ0n) is 9.56. The van der Waals surface area contributed by atoms with Gasteiger partial charge in [-0.25, -0.2) is 0 Å². The summed E-state index contributed by atoms with van der Waals surface area (Å²) >= 11 is 0. The van der Waals surface area contributed by atoms with Crippen molar-refractivity contribution in [3.63, 3.8) is 0 Å². The highest BCUT2D eigenvalue weighted by Gasteiger charge is 2.09. The fourth-order valence-corrected chi connectivity index (χ4v) is 1.49. The van der Waals surface area contributed by atoms with Crippen LogP contribution in [0.2, 0.25) is 0 Å². The van der Waals surface area contributed by atoms with E-state index in [-0.39, 0.29) is 12.5 Å². The number of carbonyl (C=O) groups excluding carboxylic acids is 2. The molecule has 0 aliphatic heterocycles. The van der Waals surface area contributed by atoms with Gasteiger partial charge in [-0.05, 0) is 19.1 Å². The number of hydrogen-bond acceptors (Lipinski definition) is 3. The van der Waals surface area contributed by atoms with Gasteiger partial charge in [0, 0.05) is 24.8 Å². The number of para-hydroxylation sites is 1. The molecule has 0 aliphatic carbocycles. The molecule has 1 aromatic rings. The lowest BCUT2D eigenvalue weighted by atomic mass is 10.2. The molecule has 4 heteroatoms. The van der Waals surface area contributed by atoms with Gasteiger partial charge >= 0.3 is 0 Å². The van der Waals surface area contributed by atoms with E-state index in [2.05, 4.69) is 5.32 Å². The lowest BCUT2D eigenvalue weighted by molar-refractivity contribution is -0.119. The minimum Gasteiger partial charge on any atom is -0.365 e. The van der Waals surface area contributed by atoms with E-state index in [0.717, 1.165) is 12.0 Å². The van der Waals surface area contributed by atoms with Crippen LogP contribution in [0.3, 0.4) is 0 Å². The van der Waals surface area contributed by atoms with Gasteiger partial charge in [-0.1, -0.05) is 12.1 Å². The number of likely N-dealkylation sites (N-methyl/N-ethyl adjacent to an activating group) is 2. The van der Waals surface area contributed by atoms with Crippen molar-refractivity contribution in [1.29, 1.82) is 0 Å². The first-order chi connectivity index (χ1) is 7.69. The van der Waals surface area contributed by atoms with E-state index < -0.39 is 0 Å². The number of amides is 1. The molecule has 0 atom stereocenters. The fourth-order valence-electron chi connectivity index (χ4n) is 1.49. The molecule has 0 aromatic heterocycles. The van der Waals surface area contributed by atoms with Gasteiger partial charge in [-0.2, -0.15) is 0 Å². The van der Waals surface area contributed by atoms with Crippen molar-refractivity contribution < 1.29 is 9.59 Å². The maximum Gasteiger partial charge on any atom is 0.239 e. The Balaban J connectivity index is 2.75. The van der Waals surface area contributed by atoms with Crippen LogP contribution < -0.4 is 10.2 Å². The van der Waals surface area contributed by atoms with Crippen LogP contribution in [-0.2, 0) is 4.79 Å². The summed E-state index contributed by atoms with van der Waals surface area (Å²) < 4.78 is 0. The molecule has 0 saturated heterocycles. The van der Waals surface area contributed by atoms with Crippen molar-refractivity contribution in [2.45, 2.75) is 6.92 Å². The van der Waals surface area contributed by atoms with Gasteiger partial charge in [0.2, 0.25) is 5.91 Å². The molecule has 4 nitrogen and oxygen atoms in total. The topological polar surface area (TPSA) is 49.4 Å². The molecular formula is C12H16N2O2. The van der Waals surface area contributed by atoms with Gasteiger partial charge in [-0.3, -0.25) is 9.59 Å². The van der Waals surface area contributed by atoms with Crippen LogP contribution in [0.5, 0.6) is 0 Å². The highest BCUT2D eigenvalue weighted by Crippen LogP contribution is 2.16.